The number of hydrogen-bond acceptors (Lipinski definition) is 4. The van der Waals surface area contributed by atoms with Gasteiger partial charge in [0.05, 0.1) is 12.1 Å². The Balaban J connectivity index is 2.05. The van der Waals surface area contributed by atoms with Crippen molar-refractivity contribution >= 4 is 28.1 Å². The first kappa shape index (κ1) is 13.5. The zero-order valence-electron chi connectivity index (χ0n) is 10.3. The maximum Gasteiger partial charge on any atom is 0.303 e. The van der Waals surface area contributed by atoms with Gasteiger partial charge in [-0.3, -0.25) is 4.79 Å². The van der Waals surface area contributed by atoms with E-state index in [1.807, 2.05) is 12.3 Å². The number of benzene rings is 1. The SMILES string of the molecule is Cc1cc(F)ccc1Nc1nc(CCC(=O)O)cs1. The highest BCUT2D eigenvalue weighted by atomic mass is 32.1. The largest absolute Gasteiger partial charge is 0.481 e. The summed E-state index contributed by atoms with van der Waals surface area (Å²) in [6.07, 6.45) is 0.481. The Morgan fingerprint density at radius 1 is 1.53 bits per heavy atom. The van der Waals surface area contributed by atoms with Crippen molar-refractivity contribution in [3.8, 4) is 0 Å². The fourth-order valence-corrected chi connectivity index (χ4v) is 2.35. The summed E-state index contributed by atoms with van der Waals surface area (Å²) < 4.78 is 13.0. The molecule has 0 unspecified atom stereocenters. The number of aromatic nitrogens is 1. The molecule has 1 aromatic heterocycles. The van der Waals surface area contributed by atoms with E-state index in [4.69, 9.17) is 5.11 Å². The molecule has 19 heavy (non-hydrogen) atoms. The van der Waals surface area contributed by atoms with Crippen LogP contribution in [0.15, 0.2) is 23.6 Å². The van der Waals surface area contributed by atoms with E-state index in [1.165, 1.54) is 23.5 Å². The number of carboxylic acid groups (broad SMARTS) is 1. The Morgan fingerprint density at radius 3 is 3.00 bits per heavy atom. The second kappa shape index (κ2) is 5.79. The van der Waals surface area contributed by atoms with Crippen molar-refractivity contribution in [3.63, 3.8) is 0 Å². The van der Waals surface area contributed by atoms with Crippen LogP contribution in [-0.4, -0.2) is 16.1 Å². The molecule has 0 amide bonds. The minimum Gasteiger partial charge on any atom is -0.481 e. The van der Waals surface area contributed by atoms with Crippen LogP contribution in [0, 0.1) is 12.7 Å². The highest BCUT2D eigenvalue weighted by molar-refractivity contribution is 7.13. The van der Waals surface area contributed by atoms with E-state index in [0.29, 0.717) is 11.6 Å². The molecule has 0 aliphatic rings. The normalized spacial score (nSPS) is 10.4. The van der Waals surface area contributed by atoms with Gasteiger partial charge in [-0.05, 0) is 30.7 Å². The third-order valence-corrected chi connectivity index (χ3v) is 3.38. The third-order valence-electron chi connectivity index (χ3n) is 2.58. The fraction of sp³-hybridized carbons (Fsp3) is 0.231. The van der Waals surface area contributed by atoms with Crippen molar-refractivity contribution in [2.24, 2.45) is 0 Å². The van der Waals surface area contributed by atoms with E-state index < -0.39 is 5.97 Å². The number of aliphatic carboxylic acids is 1. The van der Waals surface area contributed by atoms with E-state index in [0.717, 1.165) is 16.9 Å². The van der Waals surface area contributed by atoms with Gasteiger partial charge in [-0.25, -0.2) is 9.37 Å². The van der Waals surface area contributed by atoms with E-state index in [-0.39, 0.29) is 12.2 Å². The molecule has 1 heterocycles. The molecule has 0 bridgehead atoms. The van der Waals surface area contributed by atoms with Crippen LogP contribution >= 0.6 is 11.3 Å². The van der Waals surface area contributed by atoms with Crippen molar-refractivity contribution in [1.82, 2.24) is 4.98 Å². The number of hydrogen-bond donors (Lipinski definition) is 2. The minimum absolute atomic E-state index is 0.0682. The highest BCUT2D eigenvalue weighted by Gasteiger charge is 2.06. The van der Waals surface area contributed by atoms with Crippen LogP contribution < -0.4 is 5.32 Å². The zero-order valence-corrected chi connectivity index (χ0v) is 11.1. The van der Waals surface area contributed by atoms with E-state index >= 15 is 0 Å². The van der Waals surface area contributed by atoms with Crippen molar-refractivity contribution < 1.29 is 14.3 Å². The Hall–Kier alpha value is -1.95. The quantitative estimate of drug-likeness (QED) is 0.881. The number of carboxylic acids is 1. The molecule has 6 heteroatoms. The first-order chi connectivity index (χ1) is 9.04. The Labute approximate surface area is 113 Å². The van der Waals surface area contributed by atoms with Crippen LogP contribution in [0.25, 0.3) is 0 Å². The van der Waals surface area contributed by atoms with Crippen LogP contribution in [0.2, 0.25) is 0 Å². The summed E-state index contributed by atoms with van der Waals surface area (Å²) in [6.45, 7) is 1.81. The number of aryl methyl sites for hydroxylation is 2. The highest BCUT2D eigenvalue weighted by Crippen LogP contribution is 2.24. The summed E-state index contributed by atoms with van der Waals surface area (Å²) in [7, 11) is 0. The predicted molar refractivity (Wildman–Crippen MR) is 72.5 cm³/mol. The summed E-state index contributed by atoms with van der Waals surface area (Å²) in [5.41, 5.74) is 2.33. The first-order valence-electron chi connectivity index (χ1n) is 5.74. The van der Waals surface area contributed by atoms with Crippen molar-refractivity contribution in [2.45, 2.75) is 19.8 Å². The van der Waals surface area contributed by atoms with Gasteiger partial charge in [0.2, 0.25) is 0 Å². The molecule has 0 saturated carbocycles. The number of nitrogens with one attached hydrogen (secondary N) is 1. The van der Waals surface area contributed by atoms with Gasteiger partial charge in [-0.2, -0.15) is 0 Å². The third kappa shape index (κ3) is 3.75. The maximum absolute atomic E-state index is 13.0. The predicted octanol–water partition coefficient (Wildman–Crippen LogP) is 3.35. The molecule has 0 fully saturated rings. The molecule has 0 aliphatic carbocycles. The van der Waals surface area contributed by atoms with Crippen LogP contribution in [-0.2, 0) is 11.2 Å². The summed E-state index contributed by atoms with van der Waals surface area (Å²) in [5.74, 6) is -1.11. The van der Waals surface area contributed by atoms with Crippen LogP contribution in [0.5, 0.6) is 0 Å². The summed E-state index contributed by atoms with van der Waals surface area (Å²) >= 11 is 1.40. The lowest BCUT2D eigenvalue weighted by Gasteiger charge is -2.06. The Bertz CT molecular complexity index is 598. The number of carbonyl (C=O) groups is 1. The Morgan fingerprint density at radius 2 is 2.32 bits per heavy atom. The van der Waals surface area contributed by atoms with Crippen molar-refractivity contribution in [3.05, 3.63) is 40.7 Å². The van der Waals surface area contributed by atoms with Gasteiger partial charge in [0, 0.05) is 17.5 Å². The Kier molecular flexibility index (Phi) is 4.11. The molecule has 4 nitrogen and oxygen atoms in total. The number of rotatable bonds is 5. The molecule has 100 valence electrons. The number of thiazole rings is 1. The topological polar surface area (TPSA) is 62.2 Å². The molecule has 0 radical (unpaired) electrons. The van der Waals surface area contributed by atoms with Crippen LogP contribution in [0.3, 0.4) is 0 Å². The van der Waals surface area contributed by atoms with Crippen molar-refractivity contribution in [1.29, 1.82) is 0 Å². The molecule has 0 spiro atoms. The van der Waals surface area contributed by atoms with Gasteiger partial charge < -0.3 is 10.4 Å². The molecule has 2 rings (SSSR count). The standard InChI is InChI=1S/C13H13FN2O2S/c1-8-6-9(14)2-4-11(8)16-13-15-10(7-19-13)3-5-12(17)18/h2,4,6-7H,3,5H2,1H3,(H,15,16)(H,17,18). The van der Waals surface area contributed by atoms with Gasteiger partial charge in [0.15, 0.2) is 5.13 Å². The van der Waals surface area contributed by atoms with Gasteiger partial charge >= 0.3 is 5.97 Å². The molecule has 0 saturated heterocycles. The van der Waals surface area contributed by atoms with Crippen molar-refractivity contribution in [2.75, 3.05) is 5.32 Å². The average molecular weight is 280 g/mol. The number of anilines is 2. The first-order valence-corrected chi connectivity index (χ1v) is 6.62. The van der Waals surface area contributed by atoms with Crippen LogP contribution in [0.1, 0.15) is 17.7 Å². The number of halogens is 1. The average Bonchev–Trinajstić information content (AvgIpc) is 2.78. The molecule has 1 aromatic carbocycles. The molecular weight excluding hydrogens is 267 g/mol. The monoisotopic (exact) mass is 280 g/mol. The smallest absolute Gasteiger partial charge is 0.303 e. The van der Waals surface area contributed by atoms with E-state index in [1.54, 1.807) is 6.07 Å². The van der Waals surface area contributed by atoms with Gasteiger partial charge in [-0.1, -0.05) is 0 Å². The summed E-state index contributed by atoms with van der Waals surface area (Å²) in [6, 6.07) is 4.48. The molecule has 2 N–H and O–H groups in total. The van der Waals surface area contributed by atoms with Gasteiger partial charge in [0.1, 0.15) is 5.82 Å². The molecule has 2 aromatic rings. The maximum atomic E-state index is 13.0. The minimum atomic E-state index is -0.836. The lowest BCUT2D eigenvalue weighted by atomic mass is 10.2. The summed E-state index contributed by atoms with van der Waals surface area (Å²) in [5, 5.41) is 14.2. The molecule has 0 aliphatic heterocycles. The second-order valence-corrected chi connectivity index (χ2v) is 4.98. The zero-order chi connectivity index (χ0) is 13.8. The van der Waals surface area contributed by atoms with Gasteiger partial charge in [-0.15, -0.1) is 11.3 Å². The second-order valence-electron chi connectivity index (χ2n) is 4.12. The number of nitrogens with zero attached hydrogens (tertiary/aromatic N) is 1. The van der Waals surface area contributed by atoms with Crippen LogP contribution in [0.4, 0.5) is 15.2 Å². The molecular formula is C13H13FN2O2S. The van der Waals surface area contributed by atoms with Gasteiger partial charge in [0.25, 0.3) is 0 Å². The summed E-state index contributed by atoms with van der Waals surface area (Å²) in [4.78, 5) is 14.8. The lowest BCUT2D eigenvalue weighted by Crippen LogP contribution is -1.98. The lowest BCUT2D eigenvalue weighted by molar-refractivity contribution is -0.136. The fourth-order valence-electron chi connectivity index (χ4n) is 1.60. The van der Waals surface area contributed by atoms with E-state index in [2.05, 4.69) is 10.3 Å². The van der Waals surface area contributed by atoms with E-state index in [9.17, 15) is 9.18 Å². The molecule has 0 atom stereocenters.